The summed E-state index contributed by atoms with van der Waals surface area (Å²) in [5.41, 5.74) is 1.05. The van der Waals surface area contributed by atoms with Crippen molar-refractivity contribution in [2.45, 2.75) is 42.4 Å². The van der Waals surface area contributed by atoms with E-state index in [4.69, 9.17) is 9.15 Å². The van der Waals surface area contributed by atoms with Crippen LogP contribution in [0.1, 0.15) is 30.9 Å². The molecule has 1 saturated carbocycles. The number of hydrogen-bond acceptors (Lipinski definition) is 7. The van der Waals surface area contributed by atoms with Crippen LogP contribution >= 0.6 is 0 Å². The van der Waals surface area contributed by atoms with E-state index in [0.717, 1.165) is 18.7 Å². The first-order chi connectivity index (χ1) is 13.1. The van der Waals surface area contributed by atoms with E-state index >= 15 is 0 Å². The average Bonchev–Trinajstić information content (AvgIpc) is 3.20. The molecule has 9 heteroatoms. The van der Waals surface area contributed by atoms with Gasteiger partial charge in [0.2, 0.25) is 11.0 Å². The number of nitrogens with zero attached hydrogens (tertiary/aromatic N) is 4. The first-order valence-corrected chi connectivity index (χ1v) is 10.8. The summed E-state index contributed by atoms with van der Waals surface area (Å²) in [6, 6.07) is 3.23. The second-order valence-corrected chi connectivity index (χ2v) is 9.34. The zero-order chi connectivity index (χ0) is 18.4. The number of rotatable bonds is 5. The van der Waals surface area contributed by atoms with Crippen LogP contribution in [0.25, 0.3) is 0 Å². The number of aromatic nitrogens is 2. The summed E-state index contributed by atoms with van der Waals surface area (Å²) in [6.07, 6.45) is 8.08. The Labute approximate surface area is 158 Å². The van der Waals surface area contributed by atoms with Crippen molar-refractivity contribution in [3.63, 3.8) is 0 Å². The summed E-state index contributed by atoms with van der Waals surface area (Å²) in [5, 5.41) is 0.00720. The number of fused-ring (bicyclic) bond motifs is 1. The first-order valence-electron chi connectivity index (χ1n) is 9.36. The normalized spacial score (nSPS) is 26.8. The van der Waals surface area contributed by atoms with E-state index in [-0.39, 0.29) is 17.2 Å². The molecule has 2 aromatic rings. The van der Waals surface area contributed by atoms with Gasteiger partial charge in [-0.3, -0.25) is 9.88 Å². The molecule has 5 rings (SSSR count). The molecule has 0 bridgehead atoms. The van der Waals surface area contributed by atoms with Crippen molar-refractivity contribution >= 4 is 10.0 Å². The molecular formula is C18H22N4O4S. The van der Waals surface area contributed by atoms with Crippen LogP contribution in [0.5, 0.6) is 5.88 Å². The Kier molecular flexibility index (Phi) is 4.18. The Morgan fingerprint density at radius 2 is 2.04 bits per heavy atom. The number of ether oxygens (including phenoxy) is 1. The average molecular weight is 390 g/mol. The number of piperazine rings is 1. The third-order valence-electron chi connectivity index (χ3n) is 5.56. The van der Waals surface area contributed by atoms with E-state index in [2.05, 4.69) is 14.9 Å². The van der Waals surface area contributed by atoms with E-state index in [9.17, 15) is 8.42 Å². The highest BCUT2D eigenvalue weighted by Gasteiger charge is 2.41. The molecule has 4 heterocycles. The summed E-state index contributed by atoms with van der Waals surface area (Å²) in [5.74, 6) is 1.12. The lowest BCUT2D eigenvalue weighted by Crippen LogP contribution is -2.51. The van der Waals surface area contributed by atoms with Crippen molar-refractivity contribution in [3.8, 4) is 5.88 Å². The van der Waals surface area contributed by atoms with Gasteiger partial charge >= 0.3 is 0 Å². The van der Waals surface area contributed by atoms with Gasteiger partial charge in [0.05, 0.1) is 24.4 Å². The zero-order valence-corrected chi connectivity index (χ0v) is 15.7. The Bertz CT molecular complexity index is 896. The fourth-order valence-electron chi connectivity index (χ4n) is 3.96. The molecule has 27 heavy (non-hydrogen) atoms. The molecule has 0 spiro atoms. The van der Waals surface area contributed by atoms with Gasteiger partial charge in [0.15, 0.2) is 0 Å². The quantitative estimate of drug-likeness (QED) is 0.764. The van der Waals surface area contributed by atoms with Crippen molar-refractivity contribution in [3.05, 3.63) is 36.5 Å². The second kappa shape index (κ2) is 6.57. The fraction of sp³-hybridized carbons (Fsp3) is 0.556. The monoisotopic (exact) mass is 390 g/mol. The van der Waals surface area contributed by atoms with E-state index < -0.39 is 10.0 Å². The molecule has 1 aliphatic carbocycles. The third kappa shape index (κ3) is 3.35. The van der Waals surface area contributed by atoms with Gasteiger partial charge in [-0.15, -0.1) is 0 Å². The van der Waals surface area contributed by atoms with Crippen molar-refractivity contribution in [2.24, 2.45) is 0 Å². The van der Waals surface area contributed by atoms with Crippen molar-refractivity contribution in [1.82, 2.24) is 19.2 Å². The Balaban J connectivity index is 1.22. The summed E-state index contributed by atoms with van der Waals surface area (Å²) >= 11 is 0. The molecule has 3 aliphatic rings. The SMILES string of the molecule is O=S(=O)(c1ccco1)N1CCN2C[C@H](Oc3cnc(C4CC4)cn3)C[C@H]2C1. The largest absolute Gasteiger partial charge is 0.472 e. The zero-order valence-electron chi connectivity index (χ0n) is 14.9. The lowest BCUT2D eigenvalue weighted by atomic mass is 10.2. The highest BCUT2D eigenvalue weighted by atomic mass is 32.2. The smallest absolute Gasteiger partial charge is 0.276 e. The van der Waals surface area contributed by atoms with Crippen LogP contribution in [0.4, 0.5) is 0 Å². The Morgan fingerprint density at radius 3 is 2.74 bits per heavy atom. The second-order valence-electron chi connectivity index (χ2n) is 7.47. The summed E-state index contributed by atoms with van der Waals surface area (Å²) in [4.78, 5) is 11.1. The summed E-state index contributed by atoms with van der Waals surface area (Å²) < 4.78 is 38.0. The number of furan rings is 1. The first kappa shape index (κ1) is 17.2. The lowest BCUT2D eigenvalue weighted by molar-refractivity contribution is 0.150. The highest BCUT2D eigenvalue weighted by Crippen LogP contribution is 2.38. The predicted octanol–water partition coefficient (Wildman–Crippen LogP) is 1.47. The van der Waals surface area contributed by atoms with Crippen molar-refractivity contribution in [2.75, 3.05) is 26.2 Å². The van der Waals surface area contributed by atoms with Gasteiger partial charge < -0.3 is 9.15 Å². The van der Waals surface area contributed by atoms with E-state index in [0.29, 0.717) is 31.4 Å². The van der Waals surface area contributed by atoms with Gasteiger partial charge in [-0.2, -0.15) is 4.31 Å². The summed E-state index contributed by atoms with van der Waals surface area (Å²) in [7, 11) is -3.56. The molecule has 0 unspecified atom stereocenters. The molecule has 2 aromatic heterocycles. The molecule has 0 aromatic carbocycles. The van der Waals surface area contributed by atoms with E-state index in [1.807, 2.05) is 6.20 Å². The van der Waals surface area contributed by atoms with Gasteiger partial charge in [-0.1, -0.05) is 0 Å². The molecule has 2 aliphatic heterocycles. The number of sulfonamides is 1. The van der Waals surface area contributed by atoms with Crippen molar-refractivity contribution in [1.29, 1.82) is 0 Å². The van der Waals surface area contributed by atoms with Crippen LogP contribution in [0.15, 0.2) is 40.3 Å². The lowest BCUT2D eigenvalue weighted by Gasteiger charge is -2.35. The molecule has 8 nitrogen and oxygen atoms in total. The van der Waals surface area contributed by atoms with Gasteiger partial charge in [-0.25, -0.2) is 13.4 Å². The molecule has 2 saturated heterocycles. The van der Waals surface area contributed by atoms with Crippen LogP contribution in [0, 0.1) is 0 Å². The number of hydrogen-bond donors (Lipinski definition) is 0. The predicted molar refractivity (Wildman–Crippen MR) is 95.9 cm³/mol. The van der Waals surface area contributed by atoms with E-state index in [1.165, 1.54) is 29.5 Å². The van der Waals surface area contributed by atoms with Crippen LogP contribution in [-0.4, -0.2) is 65.9 Å². The maximum Gasteiger partial charge on any atom is 0.276 e. The fourth-order valence-corrected chi connectivity index (χ4v) is 5.33. The maximum atomic E-state index is 12.7. The molecule has 2 atom stereocenters. The Hall–Kier alpha value is -1.97. The van der Waals surface area contributed by atoms with Gasteiger partial charge in [0, 0.05) is 44.6 Å². The topological polar surface area (TPSA) is 88.8 Å². The van der Waals surface area contributed by atoms with Gasteiger partial charge in [0.1, 0.15) is 6.10 Å². The molecule has 144 valence electrons. The standard InChI is InChI=1S/C18H22N4O4S/c23-27(24,18-2-1-7-25-18)22-6-5-21-12-15(8-14(21)11-22)26-17-10-19-16(9-20-17)13-3-4-13/h1-2,7,9-10,13-15H,3-6,8,11-12H2/t14-,15+/m0/s1. The molecule has 3 fully saturated rings. The minimum atomic E-state index is -3.56. The molecule has 0 radical (unpaired) electrons. The highest BCUT2D eigenvalue weighted by molar-refractivity contribution is 7.89. The molecule has 0 N–H and O–H groups in total. The van der Waals surface area contributed by atoms with Crippen molar-refractivity contribution < 1.29 is 17.6 Å². The third-order valence-corrected chi connectivity index (χ3v) is 7.31. The molecular weight excluding hydrogens is 368 g/mol. The van der Waals surface area contributed by atoms with Gasteiger partial charge in [0.25, 0.3) is 10.0 Å². The van der Waals surface area contributed by atoms with Crippen LogP contribution in [-0.2, 0) is 10.0 Å². The van der Waals surface area contributed by atoms with E-state index in [1.54, 1.807) is 12.3 Å². The van der Waals surface area contributed by atoms with Gasteiger partial charge in [-0.05, 0) is 25.0 Å². The van der Waals surface area contributed by atoms with Crippen LogP contribution < -0.4 is 4.74 Å². The van der Waals surface area contributed by atoms with Crippen LogP contribution in [0.2, 0.25) is 0 Å². The van der Waals surface area contributed by atoms with Crippen LogP contribution in [0.3, 0.4) is 0 Å². The maximum absolute atomic E-state index is 12.7. The minimum Gasteiger partial charge on any atom is -0.472 e. The minimum absolute atomic E-state index is 0.00217. The summed E-state index contributed by atoms with van der Waals surface area (Å²) in [6.45, 7) is 2.39. The Morgan fingerprint density at radius 1 is 1.15 bits per heavy atom. The molecule has 0 amide bonds.